The lowest BCUT2D eigenvalue weighted by Crippen LogP contribution is -2.40. The van der Waals surface area contributed by atoms with E-state index in [4.69, 9.17) is 5.11 Å². The predicted octanol–water partition coefficient (Wildman–Crippen LogP) is 2.68. The molecule has 0 saturated carbocycles. The molecule has 0 radical (unpaired) electrons. The van der Waals surface area contributed by atoms with Crippen molar-refractivity contribution < 1.29 is 15.0 Å². The highest BCUT2D eigenvalue weighted by atomic mass is 16.4. The molecule has 0 fully saturated rings. The summed E-state index contributed by atoms with van der Waals surface area (Å²) in [4.78, 5) is 11.3. The van der Waals surface area contributed by atoms with Crippen molar-refractivity contribution in [1.82, 2.24) is 0 Å². The normalized spacial score (nSPS) is 16.1. The molecule has 0 aromatic carbocycles. The molecule has 90 valence electrons. The fourth-order valence-corrected chi connectivity index (χ4v) is 1.57. The van der Waals surface area contributed by atoms with Crippen molar-refractivity contribution in [3.05, 3.63) is 0 Å². The number of hydrogen-bond acceptors (Lipinski definition) is 2. The van der Waals surface area contributed by atoms with E-state index < -0.39 is 11.4 Å². The Bertz CT molecular complexity index is 205. The lowest BCUT2D eigenvalue weighted by Gasteiger charge is -2.38. The monoisotopic (exact) mass is 216 g/mol. The van der Waals surface area contributed by atoms with E-state index in [-0.39, 0.29) is 12.0 Å². The van der Waals surface area contributed by atoms with Crippen LogP contribution in [0.3, 0.4) is 0 Å². The highest BCUT2D eigenvalue weighted by Gasteiger charge is 2.43. The molecule has 0 aromatic rings. The fraction of sp³-hybridized carbons (Fsp3) is 0.917. The van der Waals surface area contributed by atoms with Crippen molar-refractivity contribution in [1.29, 1.82) is 0 Å². The quantitative estimate of drug-likeness (QED) is 0.671. The van der Waals surface area contributed by atoms with Crippen LogP contribution in [-0.2, 0) is 4.79 Å². The number of carboxylic acids is 1. The Morgan fingerprint density at radius 3 is 1.93 bits per heavy atom. The van der Waals surface area contributed by atoms with Gasteiger partial charge < -0.3 is 10.2 Å². The van der Waals surface area contributed by atoms with Crippen molar-refractivity contribution in [3.8, 4) is 0 Å². The summed E-state index contributed by atoms with van der Waals surface area (Å²) >= 11 is 0. The third-order valence-electron chi connectivity index (χ3n) is 3.46. The van der Waals surface area contributed by atoms with Gasteiger partial charge >= 0.3 is 5.97 Å². The molecule has 0 aliphatic rings. The van der Waals surface area contributed by atoms with Crippen molar-refractivity contribution in [2.45, 2.75) is 53.4 Å². The van der Waals surface area contributed by atoms with E-state index in [2.05, 4.69) is 0 Å². The SMILES string of the molecule is CC(C)(C)C(C)(CCCCCO)C(=O)O. The van der Waals surface area contributed by atoms with E-state index in [0.717, 1.165) is 19.3 Å². The maximum absolute atomic E-state index is 11.3. The Balaban J connectivity index is 4.35. The average Bonchev–Trinajstić information content (AvgIpc) is 2.09. The summed E-state index contributed by atoms with van der Waals surface area (Å²) < 4.78 is 0. The van der Waals surface area contributed by atoms with Gasteiger partial charge in [0.15, 0.2) is 0 Å². The molecule has 0 heterocycles. The summed E-state index contributed by atoms with van der Waals surface area (Å²) in [7, 11) is 0. The molecule has 0 aliphatic carbocycles. The van der Waals surface area contributed by atoms with Crippen LogP contribution in [0.25, 0.3) is 0 Å². The van der Waals surface area contributed by atoms with Gasteiger partial charge in [0.25, 0.3) is 0 Å². The Labute approximate surface area is 92.5 Å². The molecule has 1 atom stereocenters. The largest absolute Gasteiger partial charge is 0.481 e. The van der Waals surface area contributed by atoms with Gasteiger partial charge in [-0.25, -0.2) is 0 Å². The molecule has 2 N–H and O–H groups in total. The predicted molar refractivity (Wildman–Crippen MR) is 60.8 cm³/mol. The number of aliphatic hydroxyl groups excluding tert-OH is 1. The first kappa shape index (κ1) is 14.4. The van der Waals surface area contributed by atoms with Crippen LogP contribution in [0.4, 0.5) is 0 Å². The zero-order chi connectivity index (χ0) is 12.1. The van der Waals surface area contributed by atoms with E-state index in [1.807, 2.05) is 27.7 Å². The Morgan fingerprint density at radius 1 is 1.07 bits per heavy atom. The zero-order valence-corrected chi connectivity index (χ0v) is 10.3. The second kappa shape index (κ2) is 5.50. The molecule has 3 heteroatoms. The molecule has 0 bridgehead atoms. The molecular formula is C12H24O3. The number of rotatable bonds is 6. The van der Waals surface area contributed by atoms with Crippen LogP contribution in [0.2, 0.25) is 0 Å². The van der Waals surface area contributed by atoms with Crippen LogP contribution < -0.4 is 0 Å². The van der Waals surface area contributed by atoms with Crippen LogP contribution in [0.1, 0.15) is 53.4 Å². The third-order valence-corrected chi connectivity index (χ3v) is 3.46. The van der Waals surface area contributed by atoms with Gasteiger partial charge in [0.1, 0.15) is 0 Å². The van der Waals surface area contributed by atoms with Crippen molar-refractivity contribution >= 4 is 5.97 Å². The minimum atomic E-state index is -0.723. The smallest absolute Gasteiger partial charge is 0.309 e. The molecule has 0 rings (SSSR count). The first-order chi connectivity index (χ1) is 6.75. The molecular weight excluding hydrogens is 192 g/mol. The maximum Gasteiger partial charge on any atom is 0.309 e. The van der Waals surface area contributed by atoms with Crippen LogP contribution >= 0.6 is 0 Å². The third kappa shape index (κ3) is 3.82. The number of hydrogen-bond donors (Lipinski definition) is 2. The van der Waals surface area contributed by atoms with Gasteiger partial charge in [-0.05, 0) is 25.2 Å². The van der Waals surface area contributed by atoms with Gasteiger partial charge in [-0.1, -0.05) is 33.6 Å². The van der Waals surface area contributed by atoms with Gasteiger partial charge in [0, 0.05) is 6.61 Å². The lowest BCUT2D eigenvalue weighted by molar-refractivity contribution is -0.155. The number of aliphatic hydroxyl groups is 1. The average molecular weight is 216 g/mol. The maximum atomic E-state index is 11.3. The first-order valence-corrected chi connectivity index (χ1v) is 5.60. The Morgan fingerprint density at radius 2 is 1.60 bits per heavy atom. The summed E-state index contributed by atoms with van der Waals surface area (Å²) in [6.45, 7) is 7.90. The molecule has 0 spiro atoms. The minimum Gasteiger partial charge on any atom is -0.481 e. The van der Waals surface area contributed by atoms with E-state index in [1.165, 1.54) is 0 Å². The fourth-order valence-electron chi connectivity index (χ4n) is 1.57. The summed E-state index contributed by atoms with van der Waals surface area (Å²) in [5.74, 6) is -0.723. The zero-order valence-electron chi connectivity index (χ0n) is 10.3. The van der Waals surface area contributed by atoms with E-state index >= 15 is 0 Å². The van der Waals surface area contributed by atoms with E-state index in [0.29, 0.717) is 6.42 Å². The number of carbonyl (C=O) groups is 1. The van der Waals surface area contributed by atoms with Crippen LogP contribution in [0.5, 0.6) is 0 Å². The van der Waals surface area contributed by atoms with E-state index in [9.17, 15) is 9.90 Å². The van der Waals surface area contributed by atoms with Gasteiger partial charge in [-0.15, -0.1) is 0 Å². The van der Waals surface area contributed by atoms with Crippen LogP contribution in [0, 0.1) is 10.8 Å². The first-order valence-electron chi connectivity index (χ1n) is 5.60. The molecule has 1 unspecified atom stereocenters. The molecule has 0 aliphatic heterocycles. The second-order valence-corrected chi connectivity index (χ2v) is 5.42. The van der Waals surface area contributed by atoms with Crippen LogP contribution in [0.15, 0.2) is 0 Å². The Kier molecular flexibility index (Phi) is 5.29. The van der Waals surface area contributed by atoms with Crippen molar-refractivity contribution in [2.75, 3.05) is 6.61 Å². The number of carboxylic acid groups (broad SMARTS) is 1. The van der Waals surface area contributed by atoms with Crippen molar-refractivity contribution in [2.24, 2.45) is 10.8 Å². The van der Waals surface area contributed by atoms with Crippen LogP contribution in [-0.4, -0.2) is 22.8 Å². The van der Waals surface area contributed by atoms with Crippen molar-refractivity contribution in [3.63, 3.8) is 0 Å². The molecule has 0 aromatic heterocycles. The summed E-state index contributed by atoms with van der Waals surface area (Å²) in [6, 6.07) is 0. The molecule has 15 heavy (non-hydrogen) atoms. The molecule has 0 amide bonds. The highest BCUT2D eigenvalue weighted by Crippen LogP contribution is 2.42. The van der Waals surface area contributed by atoms with Gasteiger partial charge in [-0.2, -0.15) is 0 Å². The highest BCUT2D eigenvalue weighted by molar-refractivity contribution is 5.75. The summed E-state index contributed by atoms with van der Waals surface area (Å²) in [5, 5.41) is 17.9. The lowest BCUT2D eigenvalue weighted by atomic mass is 9.65. The van der Waals surface area contributed by atoms with Gasteiger partial charge in [0.05, 0.1) is 5.41 Å². The van der Waals surface area contributed by atoms with E-state index in [1.54, 1.807) is 0 Å². The molecule has 3 nitrogen and oxygen atoms in total. The second-order valence-electron chi connectivity index (χ2n) is 5.42. The van der Waals surface area contributed by atoms with Gasteiger partial charge in [0.2, 0.25) is 0 Å². The van der Waals surface area contributed by atoms with Gasteiger partial charge in [-0.3, -0.25) is 4.79 Å². The molecule has 0 saturated heterocycles. The Hall–Kier alpha value is -0.570. The number of unbranched alkanes of at least 4 members (excludes halogenated alkanes) is 2. The minimum absolute atomic E-state index is 0.194. The summed E-state index contributed by atoms with van der Waals surface area (Å²) in [5.41, 5.74) is -0.916. The summed E-state index contributed by atoms with van der Waals surface area (Å²) in [6.07, 6.45) is 3.20. The standard InChI is InChI=1S/C12H24O3/c1-11(2,3)12(4,10(14)15)8-6-5-7-9-13/h13H,5-9H2,1-4H3,(H,14,15). The topological polar surface area (TPSA) is 57.5 Å². The number of aliphatic carboxylic acids is 1.